The van der Waals surface area contributed by atoms with Crippen LogP contribution in [0.15, 0.2) is 0 Å². The van der Waals surface area contributed by atoms with Crippen LogP contribution in [-0.4, -0.2) is 52.6 Å². The maximum atomic E-state index is 9.43. The standard InChI is InChI=1S/C8H16O5/c1-8(2)12-4-6(13-8)7(11)5(10)3-9/h5-7,9-11H,3-4H2,1-2H3/t5-,6-,7+/m1/s1. The number of hydrogen-bond donors (Lipinski definition) is 3. The van der Waals surface area contributed by atoms with E-state index in [2.05, 4.69) is 0 Å². The molecule has 5 nitrogen and oxygen atoms in total. The summed E-state index contributed by atoms with van der Waals surface area (Å²) in [6.07, 6.45) is -2.86. The van der Waals surface area contributed by atoms with Crippen LogP contribution in [0.25, 0.3) is 0 Å². The van der Waals surface area contributed by atoms with Gasteiger partial charge in [-0.2, -0.15) is 0 Å². The quantitative estimate of drug-likeness (QED) is 0.526. The molecule has 0 aromatic rings. The van der Waals surface area contributed by atoms with Gasteiger partial charge in [0, 0.05) is 0 Å². The highest BCUT2D eigenvalue weighted by atomic mass is 16.7. The maximum absolute atomic E-state index is 9.43. The zero-order valence-electron chi connectivity index (χ0n) is 7.80. The van der Waals surface area contributed by atoms with Gasteiger partial charge in [-0.25, -0.2) is 0 Å². The molecule has 0 spiro atoms. The number of ether oxygens (including phenoxy) is 2. The third-order valence-corrected chi connectivity index (χ3v) is 1.99. The second-order valence-corrected chi connectivity index (χ2v) is 3.61. The lowest BCUT2D eigenvalue weighted by Crippen LogP contribution is -2.41. The summed E-state index contributed by atoms with van der Waals surface area (Å²) in [7, 11) is 0. The Kier molecular flexibility index (Phi) is 3.26. The fourth-order valence-electron chi connectivity index (χ4n) is 1.24. The van der Waals surface area contributed by atoms with Crippen molar-refractivity contribution in [3.63, 3.8) is 0 Å². The number of rotatable bonds is 3. The zero-order chi connectivity index (χ0) is 10.1. The summed E-state index contributed by atoms with van der Waals surface area (Å²) in [4.78, 5) is 0. The predicted molar refractivity (Wildman–Crippen MR) is 44.0 cm³/mol. The molecule has 0 amide bonds. The minimum atomic E-state index is -1.18. The maximum Gasteiger partial charge on any atom is 0.163 e. The number of aliphatic hydroxyl groups is 3. The smallest absolute Gasteiger partial charge is 0.163 e. The number of aliphatic hydroxyl groups excluding tert-OH is 3. The molecule has 1 saturated heterocycles. The van der Waals surface area contributed by atoms with Gasteiger partial charge in [0.1, 0.15) is 18.3 Å². The molecule has 5 heteroatoms. The summed E-state index contributed by atoms with van der Waals surface area (Å²) in [6.45, 7) is 3.20. The molecule has 1 rings (SSSR count). The average molecular weight is 192 g/mol. The van der Waals surface area contributed by atoms with Gasteiger partial charge in [-0.05, 0) is 13.8 Å². The van der Waals surface area contributed by atoms with Crippen molar-refractivity contribution in [2.45, 2.75) is 37.9 Å². The van der Waals surface area contributed by atoms with Crippen LogP contribution in [-0.2, 0) is 9.47 Å². The molecule has 0 aromatic heterocycles. The van der Waals surface area contributed by atoms with Crippen LogP contribution in [0.4, 0.5) is 0 Å². The first-order chi connectivity index (χ1) is 5.96. The molecule has 0 saturated carbocycles. The van der Waals surface area contributed by atoms with Crippen molar-refractivity contribution in [3.8, 4) is 0 Å². The van der Waals surface area contributed by atoms with E-state index in [-0.39, 0.29) is 6.61 Å². The van der Waals surface area contributed by atoms with Gasteiger partial charge in [0.15, 0.2) is 5.79 Å². The van der Waals surface area contributed by atoms with Gasteiger partial charge < -0.3 is 24.8 Å². The topological polar surface area (TPSA) is 79.2 Å². The van der Waals surface area contributed by atoms with Crippen LogP contribution in [0.2, 0.25) is 0 Å². The Hall–Kier alpha value is -0.200. The molecule has 0 radical (unpaired) electrons. The Labute approximate surface area is 76.9 Å². The van der Waals surface area contributed by atoms with E-state index < -0.39 is 30.7 Å². The molecule has 0 bridgehead atoms. The van der Waals surface area contributed by atoms with E-state index in [0.29, 0.717) is 0 Å². The first-order valence-electron chi connectivity index (χ1n) is 4.25. The molecule has 3 atom stereocenters. The van der Waals surface area contributed by atoms with Gasteiger partial charge in [-0.1, -0.05) is 0 Å². The van der Waals surface area contributed by atoms with Crippen LogP contribution in [0.3, 0.4) is 0 Å². The molecule has 1 heterocycles. The van der Waals surface area contributed by atoms with Gasteiger partial charge in [0.2, 0.25) is 0 Å². The SMILES string of the molecule is CC1(C)OC[C@H]([C@@H](O)[C@H](O)CO)O1. The molecular weight excluding hydrogens is 176 g/mol. The minimum Gasteiger partial charge on any atom is -0.394 e. The van der Waals surface area contributed by atoms with E-state index in [4.69, 9.17) is 19.7 Å². The second kappa shape index (κ2) is 3.89. The van der Waals surface area contributed by atoms with Gasteiger partial charge in [-0.15, -0.1) is 0 Å². The van der Waals surface area contributed by atoms with E-state index in [9.17, 15) is 5.11 Å². The lowest BCUT2D eigenvalue weighted by atomic mass is 10.1. The molecule has 78 valence electrons. The highest BCUT2D eigenvalue weighted by molar-refractivity contribution is 4.81. The average Bonchev–Trinajstić information content (AvgIpc) is 2.43. The molecule has 0 aromatic carbocycles. The van der Waals surface area contributed by atoms with Crippen LogP contribution >= 0.6 is 0 Å². The van der Waals surface area contributed by atoms with Gasteiger partial charge in [0.25, 0.3) is 0 Å². The molecular formula is C8H16O5. The first-order valence-corrected chi connectivity index (χ1v) is 4.25. The summed E-state index contributed by atoms with van der Waals surface area (Å²) >= 11 is 0. The van der Waals surface area contributed by atoms with E-state index in [1.165, 1.54) is 0 Å². The van der Waals surface area contributed by atoms with Crippen molar-refractivity contribution in [2.24, 2.45) is 0 Å². The minimum absolute atomic E-state index is 0.227. The molecule has 1 fully saturated rings. The van der Waals surface area contributed by atoms with E-state index in [1.807, 2.05) is 0 Å². The summed E-state index contributed by atoms with van der Waals surface area (Å²) in [6, 6.07) is 0. The lowest BCUT2D eigenvalue weighted by molar-refractivity contribution is -0.162. The third kappa shape index (κ3) is 2.62. The Balaban J connectivity index is 2.46. The molecule has 0 aliphatic carbocycles. The van der Waals surface area contributed by atoms with Crippen molar-refractivity contribution in [2.75, 3.05) is 13.2 Å². The second-order valence-electron chi connectivity index (χ2n) is 3.61. The summed E-state index contributed by atoms with van der Waals surface area (Å²) in [5.74, 6) is -0.721. The van der Waals surface area contributed by atoms with Crippen LogP contribution in [0.1, 0.15) is 13.8 Å². The predicted octanol–water partition coefficient (Wildman–Crippen LogP) is -1.15. The van der Waals surface area contributed by atoms with Crippen molar-refractivity contribution in [1.29, 1.82) is 0 Å². The van der Waals surface area contributed by atoms with Gasteiger partial charge in [-0.3, -0.25) is 0 Å². The Bertz CT molecular complexity index is 170. The van der Waals surface area contributed by atoms with Crippen molar-refractivity contribution in [3.05, 3.63) is 0 Å². The number of hydrogen-bond acceptors (Lipinski definition) is 5. The van der Waals surface area contributed by atoms with Gasteiger partial charge >= 0.3 is 0 Å². The fourth-order valence-corrected chi connectivity index (χ4v) is 1.24. The van der Waals surface area contributed by atoms with Crippen LogP contribution < -0.4 is 0 Å². The first kappa shape index (κ1) is 10.9. The van der Waals surface area contributed by atoms with Crippen molar-refractivity contribution < 1.29 is 24.8 Å². The monoisotopic (exact) mass is 192 g/mol. The van der Waals surface area contributed by atoms with E-state index in [0.717, 1.165) is 0 Å². The Morgan fingerprint density at radius 3 is 2.46 bits per heavy atom. The van der Waals surface area contributed by atoms with Crippen molar-refractivity contribution in [1.82, 2.24) is 0 Å². The zero-order valence-corrected chi connectivity index (χ0v) is 7.80. The Morgan fingerprint density at radius 2 is 2.08 bits per heavy atom. The van der Waals surface area contributed by atoms with Crippen LogP contribution in [0, 0.1) is 0 Å². The normalized spacial score (nSPS) is 31.6. The van der Waals surface area contributed by atoms with Crippen LogP contribution in [0.5, 0.6) is 0 Å². The highest BCUT2D eigenvalue weighted by Gasteiger charge is 2.39. The molecule has 1 aliphatic rings. The summed E-state index contributed by atoms with van der Waals surface area (Å²) < 4.78 is 10.5. The fraction of sp³-hybridized carbons (Fsp3) is 1.00. The summed E-state index contributed by atoms with van der Waals surface area (Å²) in [5, 5.41) is 27.1. The van der Waals surface area contributed by atoms with E-state index >= 15 is 0 Å². The molecule has 1 aliphatic heterocycles. The van der Waals surface area contributed by atoms with Crippen molar-refractivity contribution >= 4 is 0 Å². The largest absolute Gasteiger partial charge is 0.394 e. The highest BCUT2D eigenvalue weighted by Crippen LogP contribution is 2.24. The lowest BCUT2D eigenvalue weighted by Gasteiger charge is -2.22. The van der Waals surface area contributed by atoms with Gasteiger partial charge in [0.05, 0.1) is 13.2 Å². The molecule has 0 unspecified atom stereocenters. The molecule has 3 N–H and O–H groups in total. The van der Waals surface area contributed by atoms with E-state index in [1.54, 1.807) is 13.8 Å². The Morgan fingerprint density at radius 1 is 1.46 bits per heavy atom. The molecule has 13 heavy (non-hydrogen) atoms. The summed E-state index contributed by atoms with van der Waals surface area (Å²) in [5.41, 5.74) is 0. The third-order valence-electron chi connectivity index (χ3n) is 1.99.